The first-order valence-electron chi connectivity index (χ1n) is 5.99. The fraction of sp³-hybridized carbons (Fsp3) is 0.462. The molecule has 4 nitrogen and oxygen atoms in total. The van der Waals surface area contributed by atoms with Gasteiger partial charge in [0.05, 0.1) is 12.1 Å². The summed E-state index contributed by atoms with van der Waals surface area (Å²) in [4.78, 5) is 11.8. The molecule has 1 aromatic carbocycles. The molecule has 1 saturated carbocycles. The molecular weight excluding hydrogens is 252 g/mol. The summed E-state index contributed by atoms with van der Waals surface area (Å²) in [6.07, 6.45) is 2.64. The van der Waals surface area contributed by atoms with Crippen LogP contribution in [0.3, 0.4) is 0 Å². The highest BCUT2D eigenvalue weighted by atomic mass is 35.5. The fourth-order valence-electron chi connectivity index (χ4n) is 1.85. The Balaban J connectivity index is 1.93. The number of rotatable bonds is 5. The van der Waals surface area contributed by atoms with Crippen LogP contribution < -0.4 is 15.8 Å². The van der Waals surface area contributed by atoms with Gasteiger partial charge in [-0.1, -0.05) is 11.6 Å². The largest absolute Gasteiger partial charge is 0.495 e. The van der Waals surface area contributed by atoms with E-state index in [1.165, 1.54) is 7.11 Å². The SMILES string of the molecule is COc1cc(NC(=O)CC(N)C2CC2)ccc1Cl. The van der Waals surface area contributed by atoms with E-state index < -0.39 is 0 Å². The van der Waals surface area contributed by atoms with Crippen LogP contribution in [0.25, 0.3) is 0 Å². The first kappa shape index (κ1) is 13.2. The average molecular weight is 269 g/mol. The molecule has 0 heterocycles. The van der Waals surface area contributed by atoms with Gasteiger partial charge < -0.3 is 15.8 Å². The van der Waals surface area contributed by atoms with Gasteiger partial charge in [-0.05, 0) is 30.9 Å². The Hall–Kier alpha value is -1.26. The summed E-state index contributed by atoms with van der Waals surface area (Å²) in [5, 5.41) is 3.32. The van der Waals surface area contributed by atoms with E-state index in [4.69, 9.17) is 22.1 Å². The number of nitrogens with one attached hydrogen (secondary N) is 1. The van der Waals surface area contributed by atoms with Crippen LogP contribution >= 0.6 is 11.6 Å². The van der Waals surface area contributed by atoms with Crippen LogP contribution in [0.2, 0.25) is 5.02 Å². The molecule has 1 aliphatic rings. The highest BCUT2D eigenvalue weighted by Crippen LogP contribution is 2.33. The normalized spacial score (nSPS) is 16.2. The van der Waals surface area contributed by atoms with Crippen molar-refractivity contribution in [1.82, 2.24) is 0 Å². The van der Waals surface area contributed by atoms with Crippen molar-refractivity contribution in [1.29, 1.82) is 0 Å². The van der Waals surface area contributed by atoms with Crippen molar-refractivity contribution in [2.45, 2.75) is 25.3 Å². The van der Waals surface area contributed by atoms with E-state index in [0.717, 1.165) is 12.8 Å². The number of amides is 1. The number of ether oxygens (including phenoxy) is 1. The fourth-order valence-corrected chi connectivity index (χ4v) is 2.05. The Labute approximate surface area is 111 Å². The van der Waals surface area contributed by atoms with E-state index in [-0.39, 0.29) is 11.9 Å². The van der Waals surface area contributed by atoms with Gasteiger partial charge in [-0.25, -0.2) is 0 Å². The van der Waals surface area contributed by atoms with Crippen molar-refractivity contribution in [3.05, 3.63) is 23.2 Å². The lowest BCUT2D eigenvalue weighted by molar-refractivity contribution is -0.116. The van der Waals surface area contributed by atoms with Crippen LogP contribution in [0.1, 0.15) is 19.3 Å². The summed E-state index contributed by atoms with van der Waals surface area (Å²) in [5.41, 5.74) is 6.58. The molecule has 18 heavy (non-hydrogen) atoms. The number of hydrogen-bond acceptors (Lipinski definition) is 3. The average Bonchev–Trinajstić information content (AvgIpc) is 3.15. The van der Waals surface area contributed by atoms with Crippen molar-refractivity contribution < 1.29 is 9.53 Å². The maximum atomic E-state index is 11.8. The number of methoxy groups -OCH3 is 1. The topological polar surface area (TPSA) is 64.3 Å². The van der Waals surface area contributed by atoms with Crippen LogP contribution in [0, 0.1) is 5.92 Å². The highest BCUT2D eigenvalue weighted by Gasteiger charge is 2.29. The van der Waals surface area contributed by atoms with Gasteiger partial charge in [0.15, 0.2) is 0 Å². The lowest BCUT2D eigenvalue weighted by Crippen LogP contribution is -2.28. The Morgan fingerprint density at radius 1 is 1.61 bits per heavy atom. The first-order valence-corrected chi connectivity index (χ1v) is 6.37. The van der Waals surface area contributed by atoms with E-state index in [9.17, 15) is 4.79 Å². The molecule has 0 aromatic heterocycles. The van der Waals surface area contributed by atoms with Gasteiger partial charge in [0.2, 0.25) is 5.91 Å². The second kappa shape index (κ2) is 5.59. The number of anilines is 1. The summed E-state index contributed by atoms with van der Waals surface area (Å²) in [6, 6.07) is 5.10. The zero-order valence-electron chi connectivity index (χ0n) is 10.3. The molecule has 0 aliphatic heterocycles. The van der Waals surface area contributed by atoms with Crippen molar-refractivity contribution >= 4 is 23.2 Å². The maximum absolute atomic E-state index is 11.8. The number of carbonyl (C=O) groups excluding carboxylic acids is 1. The number of carbonyl (C=O) groups is 1. The smallest absolute Gasteiger partial charge is 0.225 e. The molecule has 5 heteroatoms. The molecule has 1 aliphatic carbocycles. The van der Waals surface area contributed by atoms with Crippen LogP contribution in [0.5, 0.6) is 5.75 Å². The number of hydrogen-bond donors (Lipinski definition) is 2. The summed E-state index contributed by atoms with van der Waals surface area (Å²) in [7, 11) is 1.54. The quantitative estimate of drug-likeness (QED) is 0.862. The summed E-state index contributed by atoms with van der Waals surface area (Å²) in [5.74, 6) is 0.996. The molecule has 1 amide bonds. The number of benzene rings is 1. The Morgan fingerprint density at radius 2 is 2.33 bits per heavy atom. The number of halogens is 1. The van der Waals surface area contributed by atoms with Crippen LogP contribution in [-0.2, 0) is 4.79 Å². The van der Waals surface area contributed by atoms with Gasteiger partial charge in [-0.2, -0.15) is 0 Å². The van der Waals surface area contributed by atoms with Crippen LogP contribution in [-0.4, -0.2) is 19.1 Å². The summed E-state index contributed by atoms with van der Waals surface area (Å²) in [6.45, 7) is 0. The molecule has 1 fully saturated rings. The minimum absolute atomic E-state index is 0.0285. The minimum Gasteiger partial charge on any atom is -0.495 e. The third kappa shape index (κ3) is 3.37. The van der Waals surface area contributed by atoms with Crippen molar-refractivity contribution in [2.24, 2.45) is 11.7 Å². The first-order chi connectivity index (χ1) is 8.60. The van der Waals surface area contributed by atoms with Crippen molar-refractivity contribution in [3.63, 3.8) is 0 Å². The second-order valence-electron chi connectivity index (χ2n) is 4.60. The van der Waals surface area contributed by atoms with Crippen LogP contribution in [0.4, 0.5) is 5.69 Å². The van der Waals surface area contributed by atoms with Gasteiger partial charge in [0, 0.05) is 24.2 Å². The highest BCUT2D eigenvalue weighted by molar-refractivity contribution is 6.32. The molecule has 98 valence electrons. The Bertz CT molecular complexity index is 447. The van der Waals surface area contributed by atoms with Gasteiger partial charge in [0.1, 0.15) is 5.75 Å². The molecule has 2 rings (SSSR count). The predicted molar refractivity (Wildman–Crippen MR) is 72.0 cm³/mol. The minimum atomic E-state index is -0.0706. The summed E-state index contributed by atoms with van der Waals surface area (Å²) < 4.78 is 5.09. The molecular formula is C13H17ClN2O2. The molecule has 3 N–H and O–H groups in total. The molecule has 0 spiro atoms. The van der Waals surface area contributed by atoms with Gasteiger partial charge in [-0.3, -0.25) is 4.79 Å². The molecule has 0 radical (unpaired) electrons. The molecule has 1 atom stereocenters. The maximum Gasteiger partial charge on any atom is 0.225 e. The van der Waals surface area contributed by atoms with Gasteiger partial charge >= 0.3 is 0 Å². The van der Waals surface area contributed by atoms with E-state index in [2.05, 4.69) is 5.32 Å². The Morgan fingerprint density at radius 3 is 2.94 bits per heavy atom. The third-order valence-corrected chi connectivity index (χ3v) is 3.40. The van der Waals surface area contributed by atoms with E-state index in [1.807, 2.05) is 0 Å². The molecule has 0 bridgehead atoms. The standard InChI is InChI=1S/C13H17ClN2O2/c1-18-12-6-9(4-5-10(12)14)16-13(17)7-11(15)8-2-3-8/h4-6,8,11H,2-3,7,15H2,1H3,(H,16,17). The van der Waals surface area contributed by atoms with E-state index >= 15 is 0 Å². The Kier molecular flexibility index (Phi) is 4.09. The van der Waals surface area contributed by atoms with Gasteiger partial charge in [-0.15, -0.1) is 0 Å². The molecule has 1 unspecified atom stereocenters. The van der Waals surface area contributed by atoms with E-state index in [1.54, 1.807) is 18.2 Å². The second-order valence-corrected chi connectivity index (χ2v) is 5.01. The van der Waals surface area contributed by atoms with Crippen molar-refractivity contribution in [2.75, 3.05) is 12.4 Å². The lowest BCUT2D eigenvalue weighted by Gasteiger charge is -2.11. The lowest BCUT2D eigenvalue weighted by atomic mass is 10.1. The number of nitrogens with two attached hydrogens (primary N) is 1. The monoisotopic (exact) mass is 268 g/mol. The molecule has 1 aromatic rings. The zero-order valence-corrected chi connectivity index (χ0v) is 11.0. The van der Waals surface area contributed by atoms with E-state index in [0.29, 0.717) is 28.8 Å². The zero-order chi connectivity index (χ0) is 13.1. The third-order valence-electron chi connectivity index (χ3n) is 3.08. The van der Waals surface area contributed by atoms with Crippen LogP contribution in [0.15, 0.2) is 18.2 Å². The summed E-state index contributed by atoms with van der Waals surface area (Å²) >= 11 is 5.91. The van der Waals surface area contributed by atoms with Crippen molar-refractivity contribution in [3.8, 4) is 5.75 Å². The van der Waals surface area contributed by atoms with Gasteiger partial charge in [0.25, 0.3) is 0 Å². The predicted octanol–water partition coefficient (Wildman–Crippen LogP) is 2.41. The molecule has 0 saturated heterocycles.